The Morgan fingerprint density at radius 2 is 2.33 bits per heavy atom. The first-order chi connectivity index (χ1) is 5.52. The van der Waals surface area contributed by atoms with Crippen molar-refractivity contribution in [2.75, 3.05) is 7.05 Å². The van der Waals surface area contributed by atoms with E-state index in [1.807, 2.05) is 0 Å². The molecule has 1 aliphatic rings. The molecular formula is C6H6N2O4-2. The van der Waals surface area contributed by atoms with Crippen LogP contribution in [0.15, 0.2) is 4.99 Å². The van der Waals surface area contributed by atoms with E-state index < -0.39 is 23.9 Å². The number of nitrogens with zero attached hydrogens (tertiary/aromatic N) is 2. The number of carboxylic acid groups (broad SMARTS) is 1. The second-order valence-electron chi connectivity index (χ2n) is 2.44. The van der Waals surface area contributed by atoms with Gasteiger partial charge in [0, 0.05) is 13.5 Å². The third kappa shape index (κ3) is 1.36. The highest BCUT2D eigenvalue weighted by Crippen LogP contribution is 2.08. The predicted octanol–water partition coefficient (Wildman–Crippen LogP) is -2.68. The van der Waals surface area contributed by atoms with Gasteiger partial charge in [-0.25, -0.2) is 9.79 Å². The van der Waals surface area contributed by atoms with Crippen LogP contribution in [0.4, 0.5) is 4.79 Å². The fraction of sp³-hybridized carbons (Fsp3) is 0.500. The smallest absolute Gasteiger partial charge is 0.342 e. The molecule has 1 atom stereocenters. The first-order valence-electron chi connectivity index (χ1n) is 3.24. The maximum Gasteiger partial charge on any atom is 0.342 e. The lowest BCUT2D eigenvalue weighted by atomic mass is 10.1. The number of carbonyl (C=O) groups excluding carboxylic acids is 2. The Bertz CT molecular complexity index is 260. The summed E-state index contributed by atoms with van der Waals surface area (Å²) in [4.78, 5) is 25.0. The van der Waals surface area contributed by atoms with E-state index in [4.69, 9.17) is 0 Å². The van der Waals surface area contributed by atoms with Crippen LogP contribution < -0.4 is 10.2 Å². The Hall–Kier alpha value is -1.59. The number of aliphatic carboxylic acids is 1. The summed E-state index contributed by atoms with van der Waals surface area (Å²) >= 11 is 0. The summed E-state index contributed by atoms with van der Waals surface area (Å²) in [5, 5.41) is 21.0. The molecule has 1 heterocycles. The highest BCUT2D eigenvalue weighted by atomic mass is 16.4. The number of hydrogen-bond donors (Lipinski definition) is 0. The summed E-state index contributed by atoms with van der Waals surface area (Å²) in [5.41, 5.74) is 0. The molecule has 66 valence electrons. The lowest BCUT2D eigenvalue weighted by Crippen LogP contribution is -2.53. The minimum absolute atomic E-state index is 0.301. The summed E-state index contributed by atoms with van der Waals surface area (Å²) < 4.78 is 0. The zero-order chi connectivity index (χ0) is 9.30. The number of carboxylic acids is 1. The molecule has 0 N–H and O–H groups in total. The van der Waals surface area contributed by atoms with Crippen molar-refractivity contribution < 1.29 is 19.8 Å². The molecule has 6 nitrogen and oxygen atoms in total. The van der Waals surface area contributed by atoms with E-state index in [2.05, 4.69) is 4.99 Å². The van der Waals surface area contributed by atoms with Gasteiger partial charge in [0.15, 0.2) is 0 Å². The van der Waals surface area contributed by atoms with Crippen molar-refractivity contribution in [3.8, 4) is 0 Å². The summed E-state index contributed by atoms with van der Waals surface area (Å²) in [6.07, 6.45) is -0.301. The van der Waals surface area contributed by atoms with Crippen LogP contribution in [0.2, 0.25) is 0 Å². The van der Waals surface area contributed by atoms with Crippen LogP contribution in [0.1, 0.15) is 6.42 Å². The highest BCUT2D eigenvalue weighted by Gasteiger charge is 2.24. The van der Waals surface area contributed by atoms with Crippen molar-refractivity contribution in [3.63, 3.8) is 0 Å². The Morgan fingerprint density at radius 1 is 1.75 bits per heavy atom. The number of likely N-dealkylation sites (N-methyl/N-ethyl adjacent to an activating group) is 1. The standard InChI is InChI=1S/C6H8N2O4/c1-8-3(5(10)11)2-4(9)7-6(8)12/h3H,2H2,1H3,(H,10,11)(H,7,9,12)/p-2. The van der Waals surface area contributed by atoms with Gasteiger partial charge >= 0.3 is 6.03 Å². The van der Waals surface area contributed by atoms with Crippen molar-refractivity contribution in [1.29, 1.82) is 0 Å². The normalized spacial score (nSPS) is 23.8. The zero-order valence-corrected chi connectivity index (χ0v) is 6.31. The first-order valence-corrected chi connectivity index (χ1v) is 3.24. The molecule has 0 radical (unpaired) electrons. The third-order valence-corrected chi connectivity index (χ3v) is 1.63. The number of hydrogen-bond acceptors (Lipinski definition) is 4. The molecule has 6 heteroatoms. The average molecular weight is 170 g/mol. The van der Waals surface area contributed by atoms with Gasteiger partial charge < -0.3 is 19.9 Å². The van der Waals surface area contributed by atoms with Gasteiger partial charge in [0.05, 0.1) is 12.0 Å². The fourth-order valence-electron chi connectivity index (χ4n) is 0.908. The second-order valence-corrected chi connectivity index (χ2v) is 2.44. The fourth-order valence-corrected chi connectivity index (χ4v) is 0.908. The SMILES string of the molecule is CN1C(=O)N=C([O-])CC1C(=O)[O-]. The van der Waals surface area contributed by atoms with Crippen molar-refractivity contribution >= 4 is 17.9 Å². The minimum atomic E-state index is -1.44. The van der Waals surface area contributed by atoms with Gasteiger partial charge in [-0.05, 0) is 5.90 Å². The molecule has 1 rings (SSSR count). The molecule has 0 aromatic heterocycles. The van der Waals surface area contributed by atoms with E-state index in [0.717, 1.165) is 4.90 Å². The maximum atomic E-state index is 10.8. The van der Waals surface area contributed by atoms with Gasteiger partial charge in [-0.1, -0.05) is 0 Å². The van der Waals surface area contributed by atoms with Crippen LogP contribution in [-0.2, 0) is 4.79 Å². The molecule has 0 saturated carbocycles. The van der Waals surface area contributed by atoms with Gasteiger partial charge in [-0.15, -0.1) is 0 Å². The molecule has 0 spiro atoms. The Kier molecular flexibility index (Phi) is 1.99. The summed E-state index contributed by atoms with van der Waals surface area (Å²) in [6.45, 7) is 0. The van der Waals surface area contributed by atoms with Crippen molar-refractivity contribution in [1.82, 2.24) is 4.90 Å². The van der Waals surface area contributed by atoms with Crippen LogP contribution in [-0.4, -0.2) is 35.9 Å². The quantitative estimate of drug-likeness (QED) is 0.428. The zero-order valence-electron chi connectivity index (χ0n) is 6.31. The topological polar surface area (TPSA) is 95.9 Å². The largest absolute Gasteiger partial charge is 0.862 e. The number of amides is 2. The second kappa shape index (κ2) is 2.80. The molecule has 0 aromatic carbocycles. The minimum Gasteiger partial charge on any atom is -0.862 e. The van der Waals surface area contributed by atoms with Crippen LogP contribution >= 0.6 is 0 Å². The molecule has 1 aliphatic heterocycles. The molecular weight excluding hydrogens is 164 g/mol. The third-order valence-electron chi connectivity index (χ3n) is 1.63. The molecule has 0 aliphatic carbocycles. The van der Waals surface area contributed by atoms with Crippen molar-refractivity contribution in [2.24, 2.45) is 4.99 Å². The molecule has 1 unspecified atom stereocenters. The molecule has 0 fully saturated rings. The van der Waals surface area contributed by atoms with Crippen LogP contribution in [0.5, 0.6) is 0 Å². The van der Waals surface area contributed by atoms with Crippen LogP contribution in [0, 0.1) is 0 Å². The van der Waals surface area contributed by atoms with Crippen molar-refractivity contribution in [3.05, 3.63) is 0 Å². The Morgan fingerprint density at radius 3 is 2.83 bits per heavy atom. The van der Waals surface area contributed by atoms with E-state index in [-0.39, 0.29) is 6.42 Å². The van der Waals surface area contributed by atoms with Crippen LogP contribution in [0.3, 0.4) is 0 Å². The van der Waals surface area contributed by atoms with Gasteiger partial charge in [-0.2, -0.15) is 0 Å². The Labute approximate surface area is 68.1 Å². The lowest BCUT2D eigenvalue weighted by Gasteiger charge is -2.33. The van der Waals surface area contributed by atoms with E-state index in [9.17, 15) is 19.8 Å². The molecule has 0 saturated heterocycles. The van der Waals surface area contributed by atoms with Gasteiger partial charge in [-0.3, -0.25) is 0 Å². The number of rotatable bonds is 1. The molecule has 0 aromatic rings. The summed E-state index contributed by atoms with van der Waals surface area (Å²) in [5.74, 6) is -2.15. The Balaban J connectivity index is 2.88. The van der Waals surface area contributed by atoms with Crippen molar-refractivity contribution in [2.45, 2.75) is 12.5 Å². The summed E-state index contributed by atoms with van der Waals surface area (Å²) in [6, 6.07) is -2.01. The monoisotopic (exact) mass is 170 g/mol. The molecule has 0 bridgehead atoms. The predicted molar refractivity (Wildman–Crippen MR) is 34.0 cm³/mol. The number of carbonyl (C=O) groups is 2. The van der Waals surface area contributed by atoms with Gasteiger partial charge in [0.2, 0.25) is 0 Å². The van der Waals surface area contributed by atoms with E-state index >= 15 is 0 Å². The van der Waals surface area contributed by atoms with Crippen LogP contribution in [0.25, 0.3) is 0 Å². The molecule has 12 heavy (non-hydrogen) atoms. The maximum absolute atomic E-state index is 10.8. The van der Waals surface area contributed by atoms with Gasteiger partial charge in [0.1, 0.15) is 0 Å². The highest BCUT2D eigenvalue weighted by molar-refractivity contribution is 5.96. The van der Waals surface area contributed by atoms with E-state index in [1.165, 1.54) is 7.05 Å². The average Bonchev–Trinajstić information content (AvgIpc) is 1.96. The van der Waals surface area contributed by atoms with E-state index in [0.29, 0.717) is 0 Å². The van der Waals surface area contributed by atoms with E-state index in [1.54, 1.807) is 0 Å². The number of aliphatic imine (C=N–C) groups is 1. The molecule has 2 amide bonds. The summed E-state index contributed by atoms with van der Waals surface area (Å²) in [7, 11) is 1.26. The lowest BCUT2D eigenvalue weighted by molar-refractivity contribution is -0.311. The number of urea groups is 1. The first kappa shape index (κ1) is 8.51. The van der Waals surface area contributed by atoms with Gasteiger partial charge in [0.25, 0.3) is 0 Å².